The lowest BCUT2D eigenvalue weighted by Gasteiger charge is -2.25. The maximum Gasteiger partial charge on any atom is 0.247 e. The first-order chi connectivity index (χ1) is 3.71. The average Bonchev–Trinajstić information content (AvgIpc) is 1.65. The van der Waals surface area contributed by atoms with Gasteiger partial charge in [0.1, 0.15) is 0 Å². The Kier molecular flexibility index (Phi) is 2.00. The Labute approximate surface area is 56.6 Å². The van der Waals surface area contributed by atoms with Crippen molar-refractivity contribution >= 4 is 19.5 Å². The molecule has 0 spiro atoms. The van der Waals surface area contributed by atoms with Crippen LogP contribution in [0.5, 0.6) is 0 Å². The first-order valence-corrected chi connectivity index (χ1v) is 6.97. The zero-order valence-corrected chi connectivity index (χ0v) is 7.08. The van der Waals surface area contributed by atoms with Crippen LogP contribution in [0, 0.1) is 0 Å². The van der Waals surface area contributed by atoms with Gasteiger partial charge in [-0.25, -0.2) is 0 Å². The Morgan fingerprint density at radius 1 is 1.50 bits per heavy atom. The first-order valence-electron chi connectivity index (χ1n) is 3.07. The van der Waals surface area contributed by atoms with E-state index in [4.69, 9.17) is 4.43 Å². The molecular formula is C5H12OSSi. The van der Waals surface area contributed by atoms with Crippen molar-refractivity contribution < 1.29 is 4.43 Å². The van der Waals surface area contributed by atoms with E-state index in [1.165, 1.54) is 18.9 Å². The minimum atomic E-state index is -1.40. The van der Waals surface area contributed by atoms with Crippen LogP contribution in [0.2, 0.25) is 12.6 Å². The van der Waals surface area contributed by atoms with E-state index in [9.17, 15) is 0 Å². The van der Waals surface area contributed by atoms with Gasteiger partial charge in [-0.3, -0.25) is 0 Å². The molecule has 48 valence electrons. The molecule has 1 unspecified atom stereocenters. The third-order valence-electron chi connectivity index (χ3n) is 1.45. The Balaban J connectivity index is 2.33. The van der Waals surface area contributed by atoms with E-state index in [1.807, 2.05) is 0 Å². The summed E-state index contributed by atoms with van der Waals surface area (Å²) in [6.45, 7) is 3.11. The lowest BCUT2D eigenvalue weighted by atomic mass is 10.4. The fraction of sp³-hybridized carbons (Fsp3) is 1.00. The minimum absolute atomic E-state index is 0.951. The van der Waals surface area contributed by atoms with Crippen molar-refractivity contribution in [2.45, 2.75) is 25.4 Å². The van der Waals surface area contributed by atoms with Crippen LogP contribution in [0.1, 0.15) is 12.8 Å². The molecule has 1 atom stereocenters. The SMILES string of the molecule is C[Si]1(S)CCCCO1. The van der Waals surface area contributed by atoms with Gasteiger partial charge in [0.2, 0.25) is 7.47 Å². The third-order valence-corrected chi connectivity index (χ3v) is 4.61. The van der Waals surface area contributed by atoms with E-state index >= 15 is 0 Å². The predicted octanol–water partition coefficient (Wildman–Crippen LogP) is 1.80. The second kappa shape index (κ2) is 2.41. The van der Waals surface area contributed by atoms with Gasteiger partial charge in [0, 0.05) is 6.61 Å². The second-order valence-electron chi connectivity index (χ2n) is 2.48. The van der Waals surface area contributed by atoms with Gasteiger partial charge in [0.15, 0.2) is 0 Å². The summed E-state index contributed by atoms with van der Waals surface area (Å²) in [7, 11) is -1.40. The second-order valence-corrected chi connectivity index (χ2v) is 8.46. The molecule has 1 rings (SSSR count). The highest BCUT2D eigenvalue weighted by atomic mass is 32.3. The molecule has 0 bridgehead atoms. The molecule has 0 aromatic rings. The molecule has 0 aliphatic carbocycles. The van der Waals surface area contributed by atoms with Gasteiger partial charge in [-0.05, 0) is 19.0 Å². The van der Waals surface area contributed by atoms with E-state index in [-0.39, 0.29) is 0 Å². The molecule has 0 saturated carbocycles. The molecule has 0 aromatic carbocycles. The molecule has 1 fully saturated rings. The van der Waals surface area contributed by atoms with Crippen LogP contribution in [0.3, 0.4) is 0 Å². The molecule has 0 radical (unpaired) electrons. The highest BCUT2D eigenvalue weighted by Crippen LogP contribution is 2.23. The Bertz CT molecular complexity index is 76.5. The lowest BCUT2D eigenvalue weighted by molar-refractivity contribution is 0.286. The van der Waals surface area contributed by atoms with Crippen LogP contribution in [0.4, 0.5) is 0 Å². The van der Waals surface area contributed by atoms with Crippen molar-refractivity contribution in [3.63, 3.8) is 0 Å². The highest BCUT2D eigenvalue weighted by Gasteiger charge is 2.26. The van der Waals surface area contributed by atoms with E-state index in [2.05, 4.69) is 18.6 Å². The Hall–Kier alpha value is 0.527. The van der Waals surface area contributed by atoms with Crippen molar-refractivity contribution in [2.24, 2.45) is 0 Å². The summed E-state index contributed by atoms with van der Waals surface area (Å²) < 4.78 is 5.47. The zero-order chi connectivity index (χ0) is 6.04. The summed E-state index contributed by atoms with van der Waals surface area (Å²) in [5.74, 6) is 0. The van der Waals surface area contributed by atoms with Crippen LogP contribution >= 0.6 is 12.1 Å². The van der Waals surface area contributed by atoms with Gasteiger partial charge in [-0.1, -0.05) is 6.42 Å². The largest absolute Gasteiger partial charge is 0.407 e. The molecule has 0 N–H and O–H groups in total. The summed E-state index contributed by atoms with van der Waals surface area (Å²) >= 11 is 4.43. The average molecular weight is 148 g/mol. The molecule has 1 aliphatic heterocycles. The summed E-state index contributed by atoms with van der Waals surface area (Å²) in [6, 6.07) is 1.23. The summed E-state index contributed by atoms with van der Waals surface area (Å²) in [4.78, 5) is 0. The minimum Gasteiger partial charge on any atom is -0.407 e. The van der Waals surface area contributed by atoms with Crippen molar-refractivity contribution in [2.75, 3.05) is 6.61 Å². The lowest BCUT2D eigenvalue weighted by Crippen LogP contribution is -2.31. The molecular weight excluding hydrogens is 136 g/mol. The quantitative estimate of drug-likeness (QED) is 0.407. The van der Waals surface area contributed by atoms with Gasteiger partial charge in [-0.2, -0.15) is 12.1 Å². The smallest absolute Gasteiger partial charge is 0.247 e. The molecule has 1 nitrogen and oxygen atoms in total. The van der Waals surface area contributed by atoms with E-state index in [0.717, 1.165) is 6.61 Å². The fourth-order valence-electron chi connectivity index (χ4n) is 0.919. The summed E-state index contributed by atoms with van der Waals surface area (Å²) in [5, 5.41) is 0. The van der Waals surface area contributed by atoms with Crippen molar-refractivity contribution in [3.8, 4) is 0 Å². The summed E-state index contributed by atoms with van der Waals surface area (Å²) in [6.07, 6.45) is 2.56. The molecule has 0 amide bonds. The topological polar surface area (TPSA) is 9.23 Å². The number of hydrogen-bond donors (Lipinski definition) is 1. The van der Waals surface area contributed by atoms with E-state index < -0.39 is 7.47 Å². The van der Waals surface area contributed by atoms with Gasteiger partial charge < -0.3 is 4.43 Å². The predicted molar refractivity (Wildman–Crippen MR) is 40.6 cm³/mol. The van der Waals surface area contributed by atoms with Crippen LogP contribution < -0.4 is 0 Å². The van der Waals surface area contributed by atoms with Gasteiger partial charge in [0.05, 0.1) is 0 Å². The number of rotatable bonds is 0. The zero-order valence-electron chi connectivity index (χ0n) is 5.18. The first kappa shape index (κ1) is 6.64. The van der Waals surface area contributed by atoms with Crippen LogP contribution in [-0.4, -0.2) is 14.1 Å². The van der Waals surface area contributed by atoms with Crippen molar-refractivity contribution in [1.82, 2.24) is 0 Å². The maximum atomic E-state index is 5.47. The maximum absolute atomic E-state index is 5.47. The normalized spacial score (nSPS) is 39.8. The molecule has 3 heteroatoms. The van der Waals surface area contributed by atoms with Crippen LogP contribution in [-0.2, 0) is 4.43 Å². The highest BCUT2D eigenvalue weighted by molar-refractivity contribution is 8.13. The number of thiol groups is 1. The monoisotopic (exact) mass is 148 g/mol. The Morgan fingerprint density at radius 2 is 2.25 bits per heavy atom. The van der Waals surface area contributed by atoms with Crippen molar-refractivity contribution in [3.05, 3.63) is 0 Å². The summed E-state index contributed by atoms with van der Waals surface area (Å²) in [5.41, 5.74) is 0. The van der Waals surface area contributed by atoms with Crippen LogP contribution in [0.25, 0.3) is 0 Å². The molecule has 0 aromatic heterocycles. The molecule has 8 heavy (non-hydrogen) atoms. The third kappa shape index (κ3) is 1.80. The van der Waals surface area contributed by atoms with E-state index in [1.54, 1.807) is 0 Å². The molecule has 1 saturated heterocycles. The van der Waals surface area contributed by atoms with Gasteiger partial charge >= 0.3 is 0 Å². The van der Waals surface area contributed by atoms with Gasteiger partial charge in [-0.15, -0.1) is 0 Å². The number of hydrogen-bond acceptors (Lipinski definition) is 2. The van der Waals surface area contributed by atoms with E-state index in [0.29, 0.717) is 0 Å². The molecule has 1 aliphatic rings. The fourth-order valence-corrected chi connectivity index (χ4v) is 3.30. The van der Waals surface area contributed by atoms with Crippen molar-refractivity contribution in [1.29, 1.82) is 0 Å². The van der Waals surface area contributed by atoms with Crippen LogP contribution in [0.15, 0.2) is 0 Å². The Morgan fingerprint density at radius 3 is 2.50 bits per heavy atom. The molecule has 1 heterocycles. The standard InChI is InChI=1S/C5H12OSSi/c1-8(7)5-3-2-4-6-8/h7H,2-5H2,1H3. The van der Waals surface area contributed by atoms with Gasteiger partial charge in [0.25, 0.3) is 0 Å².